The van der Waals surface area contributed by atoms with Gasteiger partial charge in [0.05, 0.1) is 6.07 Å². The molecule has 1 aliphatic rings. The quantitative estimate of drug-likeness (QED) is 0.561. The summed E-state index contributed by atoms with van der Waals surface area (Å²) >= 11 is 0. The van der Waals surface area contributed by atoms with Gasteiger partial charge in [0.1, 0.15) is 5.54 Å². The van der Waals surface area contributed by atoms with Crippen LogP contribution in [0.1, 0.15) is 46.0 Å². The minimum Gasteiger partial charge on any atom is -0.313 e. The lowest BCUT2D eigenvalue weighted by molar-refractivity contribution is 0.308. The van der Waals surface area contributed by atoms with Crippen LogP contribution in [-0.4, -0.2) is 5.54 Å². The molecular formula is C10H18N2. The molecule has 2 nitrogen and oxygen atoms in total. The SMILES string of the molecule is CC1(C)CCCC(N)(C#N)CC1. The first-order chi connectivity index (χ1) is 5.47. The maximum absolute atomic E-state index is 8.87. The molecular weight excluding hydrogens is 148 g/mol. The zero-order valence-corrected chi connectivity index (χ0v) is 8.06. The van der Waals surface area contributed by atoms with E-state index >= 15 is 0 Å². The summed E-state index contributed by atoms with van der Waals surface area (Å²) in [5.74, 6) is 0. The molecule has 1 fully saturated rings. The number of nitrogens with zero attached hydrogens (tertiary/aromatic N) is 1. The lowest BCUT2D eigenvalue weighted by Gasteiger charge is -2.22. The van der Waals surface area contributed by atoms with E-state index in [0.717, 1.165) is 25.7 Å². The molecule has 68 valence electrons. The Labute approximate surface area is 74.8 Å². The molecule has 0 amide bonds. The second kappa shape index (κ2) is 3.06. The van der Waals surface area contributed by atoms with Gasteiger partial charge in [-0.25, -0.2) is 0 Å². The van der Waals surface area contributed by atoms with Gasteiger partial charge in [0.25, 0.3) is 0 Å². The molecule has 1 aliphatic carbocycles. The smallest absolute Gasteiger partial charge is 0.104 e. The standard InChI is InChI=1S/C10H18N2/c1-9(2)4-3-5-10(12,8-11)7-6-9/h3-7,12H2,1-2H3. The van der Waals surface area contributed by atoms with E-state index in [2.05, 4.69) is 19.9 Å². The van der Waals surface area contributed by atoms with Crippen molar-refractivity contribution < 1.29 is 0 Å². The summed E-state index contributed by atoms with van der Waals surface area (Å²) in [5.41, 5.74) is 5.77. The third-order valence-electron chi connectivity index (χ3n) is 2.95. The van der Waals surface area contributed by atoms with Crippen molar-refractivity contribution in [2.45, 2.75) is 51.5 Å². The van der Waals surface area contributed by atoms with E-state index in [-0.39, 0.29) is 0 Å². The van der Waals surface area contributed by atoms with Crippen LogP contribution in [0.4, 0.5) is 0 Å². The Bertz CT molecular complexity index is 202. The normalized spacial score (nSPS) is 35.2. The molecule has 1 saturated carbocycles. The zero-order valence-electron chi connectivity index (χ0n) is 8.06. The Kier molecular flexibility index (Phi) is 2.44. The third-order valence-corrected chi connectivity index (χ3v) is 2.95. The molecule has 2 heteroatoms. The summed E-state index contributed by atoms with van der Waals surface area (Å²) in [6.07, 6.45) is 5.10. The second-order valence-electron chi connectivity index (χ2n) is 4.79. The molecule has 0 aromatic carbocycles. The number of hydrogen-bond donors (Lipinski definition) is 1. The van der Waals surface area contributed by atoms with E-state index in [0.29, 0.717) is 5.41 Å². The highest BCUT2D eigenvalue weighted by Gasteiger charge is 2.32. The summed E-state index contributed by atoms with van der Waals surface area (Å²) in [7, 11) is 0. The van der Waals surface area contributed by atoms with E-state index < -0.39 is 5.54 Å². The average molecular weight is 166 g/mol. The molecule has 1 rings (SSSR count). The Hall–Kier alpha value is -0.550. The predicted octanol–water partition coefficient (Wildman–Crippen LogP) is 2.20. The van der Waals surface area contributed by atoms with Crippen molar-refractivity contribution in [3.8, 4) is 6.07 Å². The molecule has 0 radical (unpaired) electrons. The number of nitrogens with two attached hydrogens (primary N) is 1. The van der Waals surface area contributed by atoms with Gasteiger partial charge in [-0.05, 0) is 31.1 Å². The number of nitriles is 1. The molecule has 1 unspecified atom stereocenters. The number of hydrogen-bond acceptors (Lipinski definition) is 2. The van der Waals surface area contributed by atoms with Crippen molar-refractivity contribution in [2.24, 2.45) is 11.1 Å². The van der Waals surface area contributed by atoms with Crippen LogP contribution in [0.15, 0.2) is 0 Å². The van der Waals surface area contributed by atoms with Crippen LogP contribution >= 0.6 is 0 Å². The average Bonchev–Trinajstić information content (AvgIpc) is 2.13. The first-order valence-corrected chi connectivity index (χ1v) is 4.68. The van der Waals surface area contributed by atoms with Gasteiger partial charge in [0.2, 0.25) is 0 Å². The van der Waals surface area contributed by atoms with Crippen LogP contribution in [-0.2, 0) is 0 Å². The van der Waals surface area contributed by atoms with Crippen LogP contribution in [0.25, 0.3) is 0 Å². The summed E-state index contributed by atoms with van der Waals surface area (Å²) in [6, 6.07) is 2.24. The Morgan fingerprint density at radius 1 is 1.17 bits per heavy atom. The Balaban J connectivity index is 2.63. The molecule has 12 heavy (non-hydrogen) atoms. The summed E-state index contributed by atoms with van der Waals surface area (Å²) < 4.78 is 0. The Morgan fingerprint density at radius 3 is 2.42 bits per heavy atom. The molecule has 0 heterocycles. The molecule has 0 bridgehead atoms. The van der Waals surface area contributed by atoms with Crippen molar-refractivity contribution in [3.63, 3.8) is 0 Å². The highest BCUT2D eigenvalue weighted by atomic mass is 14.7. The van der Waals surface area contributed by atoms with Gasteiger partial charge in [-0.3, -0.25) is 0 Å². The molecule has 1 atom stereocenters. The van der Waals surface area contributed by atoms with Crippen LogP contribution in [0.3, 0.4) is 0 Å². The maximum atomic E-state index is 8.87. The van der Waals surface area contributed by atoms with Gasteiger partial charge in [-0.15, -0.1) is 0 Å². The highest BCUT2D eigenvalue weighted by Crippen LogP contribution is 2.36. The van der Waals surface area contributed by atoms with Gasteiger partial charge in [-0.1, -0.05) is 20.3 Å². The first kappa shape index (κ1) is 9.54. The van der Waals surface area contributed by atoms with E-state index in [1.807, 2.05) is 0 Å². The fourth-order valence-electron chi connectivity index (χ4n) is 1.81. The van der Waals surface area contributed by atoms with Crippen LogP contribution in [0, 0.1) is 16.7 Å². The van der Waals surface area contributed by atoms with E-state index in [9.17, 15) is 0 Å². The fraction of sp³-hybridized carbons (Fsp3) is 0.900. The van der Waals surface area contributed by atoms with E-state index in [1.54, 1.807) is 0 Å². The van der Waals surface area contributed by atoms with Crippen LogP contribution in [0.5, 0.6) is 0 Å². The molecule has 0 spiro atoms. The van der Waals surface area contributed by atoms with Gasteiger partial charge in [-0.2, -0.15) is 5.26 Å². The van der Waals surface area contributed by atoms with Crippen molar-refractivity contribution in [1.29, 1.82) is 5.26 Å². The van der Waals surface area contributed by atoms with Gasteiger partial charge in [0.15, 0.2) is 0 Å². The largest absolute Gasteiger partial charge is 0.313 e. The maximum Gasteiger partial charge on any atom is 0.104 e. The van der Waals surface area contributed by atoms with Crippen LogP contribution in [0.2, 0.25) is 0 Å². The monoisotopic (exact) mass is 166 g/mol. The summed E-state index contributed by atoms with van der Waals surface area (Å²) in [6.45, 7) is 4.52. The number of rotatable bonds is 0. The molecule has 2 N–H and O–H groups in total. The fourth-order valence-corrected chi connectivity index (χ4v) is 1.81. The van der Waals surface area contributed by atoms with Crippen molar-refractivity contribution >= 4 is 0 Å². The van der Waals surface area contributed by atoms with Crippen LogP contribution < -0.4 is 5.73 Å². The molecule has 0 saturated heterocycles. The topological polar surface area (TPSA) is 49.8 Å². The first-order valence-electron chi connectivity index (χ1n) is 4.68. The van der Waals surface area contributed by atoms with Crippen molar-refractivity contribution in [1.82, 2.24) is 0 Å². The van der Waals surface area contributed by atoms with E-state index in [4.69, 9.17) is 11.0 Å². The van der Waals surface area contributed by atoms with Crippen molar-refractivity contribution in [3.05, 3.63) is 0 Å². The molecule has 0 aromatic rings. The lowest BCUT2D eigenvalue weighted by atomic mass is 9.84. The highest BCUT2D eigenvalue weighted by molar-refractivity contribution is 5.06. The minimum absolute atomic E-state index is 0.387. The van der Waals surface area contributed by atoms with Gasteiger partial charge >= 0.3 is 0 Å². The summed E-state index contributed by atoms with van der Waals surface area (Å²) in [4.78, 5) is 0. The summed E-state index contributed by atoms with van der Waals surface area (Å²) in [5, 5.41) is 8.87. The molecule has 0 aliphatic heterocycles. The van der Waals surface area contributed by atoms with Gasteiger partial charge < -0.3 is 5.73 Å². The molecule has 0 aromatic heterocycles. The van der Waals surface area contributed by atoms with Gasteiger partial charge in [0, 0.05) is 0 Å². The predicted molar refractivity (Wildman–Crippen MR) is 49.4 cm³/mol. The van der Waals surface area contributed by atoms with Crippen molar-refractivity contribution in [2.75, 3.05) is 0 Å². The third kappa shape index (κ3) is 2.22. The lowest BCUT2D eigenvalue weighted by Crippen LogP contribution is -2.37. The second-order valence-corrected chi connectivity index (χ2v) is 4.79. The minimum atomic E-state index is -0.534. The van der Waals surface area contributed by atoms with E-state index in [1.165, 1.54) is 6.42 Å². The zero-order chi connectivity index (χ0) is 9.24. The Morgan fingerprint density at radius 2 is 1.83 bits per heavy atom.